The number of methoxy groups -OCH3 is 2. The third-order valence-corrected chi connectivity index (χ3v) is 6.54. The van der Waals surface area contributed by atoms with Crippen molar-refractivity contribution in [1.82, 2.24) is 4.90 Å². The monoisotopic (exact) mass is 391 g/mol. The first-order valence-electron chi connectivity index (χ1n) is 8.36. The first-order chi connectivity index (χ1) is 12.9. The minimum Gasteiger partial charge on any atom is -0.497 e. The maximum atomic E-state index is 12.6. The minimum atomic E-state index is -3.48. The van der Waals surface area contributed by atoms with E-state index < -0.39 is 15.1 Å². The van der Waals surface area contributed by atoms with E-state index >= 15 is 0 Å². The normalized spacial score (nSPS) is 14.4. The van der Waals surface area contributed by atoms with Gasteiger partial charge in [0.25, 0.3) is 5.91 Å². The second kappa shape index (κ2) is 7.87. The summed E-state index contributed by atoms with van der Waals surface area (Å²) in [4.78, 5) is 13.9. The van der Waals surface area contributed by atoms with Gasteiger partial charge in [0.05, 0.1) is 19.1 Å². The summed E-state index contributed by atoms with van der Waals surface area (Å²) in [6.07, 6.45) is 0. The molecule has 0 aromatic heterocycles. The zero-order valence-electron chi connectivity index (χ0n) is 15.1. The quantitative estimate of drug-likeness (QED) is 0.715. The number of hydrogen-bond donors (Lipinski definition) is 0. The second-order valence-electron chi connectivity index (χ2n) is 6.11. The maximum Gasteiger partial charge on any atom is 0.260 e. The summed E-state index contributed by atoms with van der Waals surface area (Å²) in [6, 6.07) is 13.2. The lowest BCUT2D eigenvalue weighted by molar-refractivity contribution is -0.136. The molecule has 3 rings (SSSR count). The molecule has 0 saturated carbocycles. The van der Waals surface area contributed by atoms with E-state index in [-0.39, 0.29) is 30.5 Å². The van der Waals surface area contributed by atoms with Gasteiger partial charge in [0.15, 0.2) is 16.4 Å². The van der Waals surface area contributed by atoms with Crippen LogP contribution in [0.3, 0.4) is 0 Å². The van der Waals surface area contributed by atoms with Crippen LogP contribution < -0.4 is 14.2 Å². The lowest BCUT2D eigenvalue weighted by atomic mass is 10.2. The first kappa shape index (κ1) is 19.0. The van der Waals surface area contributed by atoms with Crippen molar-refractivity contribution in [3.8, 4) is 17.2 Å². The Labute approximate surface area is 158 Å². The Morgan fingerprint density at radius 2 is 1.63 bits per heavy atom. The van der Waals surface area contributed by atoms with Crippen molar-refractivity contribution < 1.29 is 27.4 Å². The van der Waals surface area contributed by atoms with Crippen LogP contribution in [0, 0.1) is 0 Å². The number of carbonyl (C=O) groups excluding carboxylic acids is 1. The molecule has 0 spiro atoms. The number of ether oxygens (including phenoxy) is 3. The Morgan fingerprint density at radius 1 is 1.00 bits per heavy atom. The van der Waals surface area contributed by atoms with Crippen LogP contribution in [0.4, 0.5) is 0 Å². The van der Waals surface area contributed by atoms with Crippen molar-refractivity contribution in [1.29, 1.82) is 0 Å². The Bertz CT molecular complexity index is 904. The summed E-state index contributed by atoms with van der Waals surface area (Å²) in [7, 11) is -0.407. The molecule has 1 aliphatic heterocycles. The van der Waals surface area contributed by atoms with Gasteiger partial charge in [-0.25, -0.2) is 8.42 Å². The van der Waals surface area contributed by atoms with E-state index in [2.05, 4.69) is 0 Å². The molecule has 7 nitrogen and oxygen atoms in total. The Morgan fingerprint density at radius 3 is 2.26 bits per heavy atom. The second-order valence-corrected chi connectivity index (χ2v) is 8.34. The Hall–Kier alpha value is -2.74. The molecule has 1 aliphatic rings. The lowest BCUT2D eigenvalue weighted by Gasteiger charge is -2.38. The van der Waals surface area contributed by atoms with Gasteiger partial charge in [-0.1, -0.05) is 6.07 Å². The zero-order chi connectivity index (χ0) is 19.4. The van der Waals surface area contributed by atoms with Crippen molar-refractivity contribution in [2.75, 3.05) is 33.9 Å². The molecule has 2 aromatic rings. The van der Waals surface area contributed by atoms with E-state index in [1.807, 2.05) is 0 Å². The molecule has 144 valence electrons. The summed E-state index contributed by atoms with van der Waals surface area (Å²) in [5.74, 6) is 1.49. The summed E-state index contributed by atoms with van der Waals surface area (Å²) in [6.45, 7) is 0.172. The number of amides is 1. The van der Waals surface area contributed by atoms with Crippen LogP contribution in [0.2, 0.25) is 0 Å². The average Bonchev–Trinajstić information content (AvgIpc) is 2.65. The summed E-state index contributed by atoms with van der Waals surface area (Å²) >= 11 is 0. The molecule has 1 amide bonds. The van der Waals surface area contributed by atoms with E-state index in [9.17, 15) is 13.2 Å². The molecular weight excluding hydrogens is 370 g/mol. The highest BCUT2D eigenvalue weighted by Crippen LogP contribution is 2.26. The molecular formula is C19H21NO6S. The molecule has 0 bridgehead atoms. The van der Waals surface area contributed by atoms with Gasteiger partial charge in [-0.05, 0) is 36.4 Å². The summed E-state index contributed by atoms with van der Waals surface area (Å²) in [5, 5.41) is -0.605. The number of likely N-dealkylation sites (tertiary alicyclic amines) is 1. The number of rotatable bonds is 7. The van der Waals surface area contributed by atoms with Crippen molar-refractivity contribution >= 4 is 15.7 Å². The van der Waals surface area contributed by atoms with Gasteiger partial charge in [0.1, 0.15) is 22.5 Å². The van der Waals surface area contributed by atoms with E-state index in [1.165, 1.54) is 24.1 Å². The SMILES string of the molecule is COc1ccc(S(=O)(=O)C2CN(C(=O)COc3cccc(OC)c3)C2)cc1. The van der Waals surface area contributed by atoms with Gasteiger partial charge in [-0.3, -0.25) is 4.79 Å². The summed E-state index contributed by atoms with van der Waals surface area (Å²) < 4.78 is 40.8. The third kappa shape index (κ3) is 4.16. The fourth-order valence-electron chi connectivity index (χ4n) is 2.72. The smallest absolute Gasteiger partial charge is 0.260 e. The van der Waals surface area contributed by atoms with E-state index in [4.69, 9.17) is 14.2 Å². The standard InChI is InChI=1S/C19H21NO6S/c1-24-14-6-8-17(9-7-14)27(22,23)18-11-20(12-18)19(21)13-26-16-5-3-4-15(10-16)25-2/h3-10,18H,11-13H2,1-2H3. The predicted octanol–water partition coefficient (Wildman–Crippen LogP) is 1.77. The van der Waals surface area contributed by atoms with Gasteiger partial charge in [0.2, 0.25) is 0 Å². The number of nitrogens with zero attached hydrogens (tertiary/aromatic N) is 1. The van der Waals surface area contributed by atoms with E-state index in [1.54, 1.807) is 43.5 Å². The van der Waals surface area contributed by atoms with Crippen molar-refractivity contribution in [2.24, 2.45) is 0 Å². The molecule has 2 aromatic carbocycles. The largest absolute Gasteiger partial charge is 0.497 e. The molecule has 1 heterocycles. The molecule has 1 saturated heterocycles. The van der Waals surface area contributed by atoms with E-state index in [0.717, 1.165) is 0 Å². The molecule has 1 fully saturated rings. The van der Waals surface area contributed by atoms with Gasteiger partial charge >= 0.3 is 0 Å². The Balaban J connectivity index is 1.53. The molecule has 27 heavy (non-hydrogen) atoms. The van der Waals surface area contributed by atoms with Gasteiger partial charge < -0.3 is 19.1 Å². The fourth-order valence-corrected chi connectivity index (χ4v) is 4.38. The number of sulfone groups is 1. The minimum absolute atomic E-state index is 0.150. The van der Waals surface area contributed by atoms with Crippen LogP contribution in [-0.2, 0) is 14.6 Å². The fraction of sp³-hybridized carbons (Fsp3) is 0.316. The summed E-state index contributed by atoms with van der Waals surface area (Å²) in [5.41, 5.74) is 0. The third-order valence-electron chi connectivity index (χ3n) is 4.43. The number of hydrogen-bond acceptors (Lipinski definition) is 6. The molecule has 0 radical (unpaired) electrons. The van der Waals surface area contributed by atoms with Crippen LogP contribution in [0.15, 0.2) is 53.4 Å². The van der Waals surface area contributed by atoms with Crippen LogP contribution in [0.5, 0.6) is 17.2 Å². The highest BCUT2D eigenvalue weighted by Gasteiger charge is 2.40. The first-order valence-corrected chi connectivity index (χ1v) is 9.91. The predicted molar refractivity (Wildman–Crippen MR) is 99.0 cm³/mol. The highest BCUT2D eigenvalue weighted by atomic mass is 32.2. The van der Waals surface area contributed by atoms with Gasteiger partial charge in [-0.15, -0.1) is 0 Å². The average molecular weight is 391 g/mol. The van der Waals surface area contributed by atoms with Crippen LogP contribution in [0.25, 0.3) is 0 Å². The van der Waals surface area contributed by atoms with Crippen molar-refractivity contribution in [2.45, 2.75) is 10.1 Å². The molecule has 0 atom stereocenters. The van der Waals surface area contributed by atoms with Gasteiger partial charge in [-0.2, -0.15) is 0 Å². The topological polar surface area (TPSA) is 82.1 Å². The molecule has 0 N–H and O–H groups in total. The molecule has 0 aliphatic carbocycles. The molecule has 8 heteroatoms. The Kier molecular flexibility index (Phi) is 5.55. The zero-order valence-corrected chi connectivity index (χ0v) is 15.9. The van der Waals surface area contributed by atoms with Crippen molar-refractivity contribution in [3.63, 3.8) is 0 Å². The number of carbonyl (C=O) groups is 1. The number of benzene rings is 2. The lowest BCUT2D eigenvalue weighted by Crippen LogP contribution is -2.57. The molecule has 0 unspecified atom stereocenters. The van der Waals surface area contributed by atoms with Crippen LogP contribution in [-0.4, -0.2) is 58.4 Å². The van der Waals surface area contributed by atoms with Crippen LogP contribution >= 0.6 is 0 Å². The van der Waals surface area contributed by atoms with Gasteiger partial charge in [0, 0.05) is 19.2 Å². The van der Waals surface area contributed by atoms with E-state index in [0.29, 0.717) is 17.2 Å². The van der Waals surface area contributed by atoms with Crippen LogP contribution in [0.1, 0.15) is 0 Å². The highest BCUT2D eigenvalue weighted by molar-refractivity contribution is 7.92. The van der Waals surface area contributed by atoms with Crippen molar-refractivity contribution in [3.05, 3.63) is 48.5 Å². The maximum absolute atomic E-state index is 12.6.